The Bertz CT molecular complexity index is 367. The van der Waals surface area contributed by atoms with E-state index in [1.54, 1.807) is 7.11 Å². The van der Waals surface area contributed by atoms with Gasteiger partial charge in [0, 0.05) is 25.8 Å². The van der Waals surface area contributed by atoms with Crippen molar-refractivity contribution in [1.29, 1.82) is 0 Å². The molecule has 0 radical (unpaired) electrons. The molecule has 1 aromatic rings. The number of carbonyl (C=O) groups is 1. The van der Waals surface area contributed by atoms with E-state index in [9.17, 15) is 4.79 Å². The predicted molar refractivity (Wildman–Crippen MR) is 72.6 cm³/mol. The zero-order valence-electron chi connectivity index (χ0n) is 10.9. The Kier molecular flexibility index (Phi) is 7.06. The highest BCUT2D eigenvalue weighted by atomic mass is 16.5. The molecule has 0 bridgehead atoms. The van der Waals surface area contributed by atoms with E-state index in [0.717, 1.165) is 31.4 Å². The quantitative estimate of drug-likeness (QED) is 0.684. The fourth-order valence-electron chi connectivity index (χ4n) is 1.71. The number of hydrogen-bond donors (Lipinski definition) is 2. The number of rotatable bonds is 8. The summed E-state index contributed by atoms with van der Waals surface area (Å²) in [6.07, 6.45) is 2.70. The Morgan fingerprint density at radius 2 is 2.22 bits per heavy atom. The Balaban J connectivity index is 2.38. The normalized spacial score (nSPS) is 10.3. The van der Waals surface area contributed by atoms with Crippen molar-refractivity contribution >= 4 is 5.91 Å². The molecule has 0 fully saturated rings. The van der Waals surface area contributed by atoms with Crippen LogP contribution in [0.15, 0.2) is 24.3 Å². The van der Waals surface area contributed by atoms with Crippen LogP contribution in [-0.4, -0.2) is 32.7 Å². The molecule has 0 unspecified atom stereocenters. The summed E-state index contributed by atoms with van der Waals surface area (Å²) in [6, 6.07) is 7.61. The number of nitrogens with two attached hydrogens (primary N) is 1. The van der Waals surface area contributed by atoms with E-state index in [1.165, 1.54) is 0 Å². The van der Waals surface area contributed by atoms with Crippen LogP contribution in [0.2, 0.25) is 0 Å². The van der Waals surface area contributed by atoms with E-state index >= 15 is 0 Å². The molecule has 1 amide bonds. The first-order chi connectivity index (χ1) is 8.77. The molecule has 4 heteroatoms. The standard InChI is InChI=1S/C14H22N2O2/c1-18-10-3-2-9-16-14(17)13-6-4-5-12(11-13)7-8-15/h4-6,11H,2-3,7-10,15H2,1H3,(H,16,17). The lowest BCUT2D eigenvalue weighted by Gasteiger charge is -2.06. The van der Waals surface area contributed by atoms with Crippen LogP contribution in [0, 0.1) is 0 Å². The zero-order chi connectivity index (χ0) is 13.2. The van der Waals surface area contributed by atoms with Gasteiger partial charge in [0.05, 0.1) is 0 Å². The van der Waals surface area contributed by atoms with Crippen LogP contribution in [0.5, 0.6) is 0 Å². The van der Waals surface area contributed by atoms with Crippen molar-refractivity contribution in [1.82, 2.24) is 5.32 Å². The molecule has 1 rings (SSSR count). The number of amides is 1. The first kappa shape index (κ1) is 14.7. The fraction of sp³-hybridized carbons (Fsp3) is 0.500. The SMILES string of the molecule is COCCCCNC(=O)c1cccc(CCN)c1. The van der Waals surface area contributed by atoms with Gasteiger partial charge in [0.15, 0.2) is 0 Å². The number of ether oxygens (including phenoxy) is 1. The first-order valence-corrected chi connectivity index (χ1v) is 6.34. The minimum atomic E-state index is -0.0220. The molecule has 4 nitrogen and oxygen atoms in total. The van der Waals surface area contributed by atoms with E-state index < -0.39 is 0 Å². The molecular weight excluding hydrogens is 228 g/mol. The number of carbonyl (C=O) groups excluding carboxylic acids is 1. The molecule has 0 aliphatic carbocycles. The van der Waals surface area contributed by atoms with Crippen LogP contribution < -0.4 is 11.1 Å². The van der Waals surface area contributed by atoms with Gasteiger partial charge in [-0.1, -0.05) is 12.1 Å². The number of hydrogen-bond acceptors (Lipinski definition) is 3. The third kappa shape index (κ3) is 5.29. The summed E-state index contributed by atoms with van der Waals surface area (Å²) in [7, 11) is 1.68. The summed E-state index contributed by atoms with van der Waals surface area (Å²) in [5.41, 5.74) is 7.30. The molecule has 0 aliphatic rings. The van der Waals surface area contributed by atoms with Gasteiger partial charge in [-0.2, -0.15) is 0 Å². The Labute approximate surface area is 109 Å². The second-order valence-electron chi connectivity index (χ2n) is 4.19. The van der Waals surface area contributed by atoms with Crippen molar-refractivity contribution < 1.29 is 9.53 Å². The average Bonchev–Trinajstić information content (AvgIpc) is 2.39. The van der Waals surface area contributed by atoms with E-state index in [4.69, 9.17) is 10.5 Å². The van der Waals surface area contributed by atoms with Crippen molar-refractivity contribution in [3.63, 3.8) is 0 Å². The molecule has 3 N–H and O–H groups in total. The molecule has 0 heterocycles. The Hall–Kier alpha value is -1.39. The lowest BCUT2D eigenvalue weighted by Crippen LogP contribution is -2.24. The molecule has 0 spiro atoms. The molecule has 0 aliphatic heterocycles. The summed E-state index contributed by atoms with van der Waals surface area (Å²) in [4.78, 5) is 11.9. The van der Waals surface area contributed by atoms with Crippen LogP contribution >= 0.6 is 0 Å². The first-order valence-electron chi connectivity index (χ1n) is 6.34. The number of nitrogens with one attached hydrogen (secondary N) is 1. The van der Waals surface area contributed by atoms with Gasteiger partial charge < -0.3 is 15.8 Å². The lowest BCUT2D eigenvalue weighted by molar-refractivity contribution is 0.0951. The average molecular weight is 250 g/mol. The molecule has 18 heavy (non-hydrogen) atoms. The van der Waals surface area contributed by atoms with Crippen molar-refractivity contribution in [3.8, 4) is 0 Å². The molecule has 100 valence electrons. The van der Waals surface area contributed by atoms with Crippen molar-refractivity contribution in [2.24, 2.45) is 5.73 Å². The smallest absolute Gasteiger partial charge is 0.251 e. The van der Waals surface area contributed by atoms with Crippen LogP contribution in [0.1, 0.15) is 28.8 Å². The van der Waals surface area contributed by atoms with Gasteiger partial charge in [0.25, 0.3) is 5.91 Å². The lowest BCUT2D eigenvalue weighted by atomic mass is 10.1. The monoisotopic (exact) mass is 250 g/mol. The van der Waals surface area contributed by atoms with Gasteiger partial charge >= 0.3 is 0 Å². The fourth-order valence-corrected chi connectivity index (χ4v) is 1.71. The highest BCUT2D eigenvalue weighted by Gasteiger charge is 2.04. The third-order valence-corrected chi connectivity index (χ3v) is 2.68. The summed E-state index contributed by atoms with van der Waals surface area (Å²) in [5.74, 6) is -0.0220. The highest BCUT2D eigenvalue weighted by molar-refractivity contribution is 5.94. The van der Waals surface area contributed by atoms with Crippen LogP contribution in [0.4, 0.5) is 0 Å². The maximum Gasteiger partial charge on any atom is 0.251 e. The Morgan fingerprint density at radius 3 is 2.94 bits per heavy atom. The van der Waals surface area contributed by atoms with Gasteiger partial charge in [0.2, 0.25) is 0 Å². The van der Waals surface area contributed by atoms with E-state index in [0.29, 0.717) is 18.7 Å². The van der Waals surface area contributed by atoms with Gasteiger partial charge in [0.1, 0.15) is 0 Å². The van der Waals surface area contributed by atoms with Crippen molar-refractivity contribution in [3.05, 3.63) is 35.4 Å². The van der Waals surface area contributed by atoms with Crippen LogP contribution in [0.25, 0.3) is 0 Å². The second-order valence-corrected chi connectivity index (χ2v) is 4.19. The van der Waals surface area contributed by atoms with Crippen LogP contribution in [-0.2, 0) is 11.2 Å². The minimum absolute atomic E-state index is 0.0220. The zero-order valence-corrected chi connectivity index (χ0v) is 10.9. The summed E-state index contributed by atoms with van der Waals surface area (Å²) in [5, 5.41) is 2.90. The second kappa shape index (κ2) is 8.66. The number of unbranched alkanes of at least 4 members (excludes halogenated alkanes) is 1. The maximum atomic E-state index is 11.9. The van der Waals surface area contributed by atoms with E-state index in [-0.39, 0.29) is 5.91 Å². The largest absolute Gasteiger partial charge is 0.385 e. The topological polar surface area (TPSA) is 64.3 Å². The number of methoxy groups -OCH3 is 1. The summed E-state index contributed by atoms with van der Waals surface area (Å²) < 4.78 is 4.95. The summed E-state index contributed by atoms with van der Waals surface area (Å²) >= 11 is 0. The molecule has 0 saturated carbocycles. The molecule has 0 aromatic heterocycles. The van der Waals surface area contributed by atoms with Crippen molar-refractivity contribution in [2.75, 3.05) is 26.8 Å². The van der Waals surface area contributed by atoms with Crippen LogP contribution in [0.3, 0.4) is 0 Å². The minimum Gasteiger partial charge on any atom is -0.385 e. The van der Waals surface area contributed by atoms with Gasteiger partial charge in [-0.3, -0.25) is 4.79 Å². The van der Waals surface area contributed by atoms with Gasteiger partial charge in [-0.05, 0) is 43.5 Å². The van der Waals surface area contributed by atoms with E-state index in [2.05, 4.69) is 5.32 Å². The molecule has 0 saturated heterocycles. The molecular formula is C14H22N2O2. The van der Waals surface area contributed by atoms with E-state index in [1.807, 2.05) is 24.3 Å². The molecule has 1 aromatic carbocycles. The van der Waals surface area contributed by atoms with Crippen molar-refractivity contribution in [2.45, 2.75) is 19.3 Å². The Morgan fingerprint density at radius 1 is 1.39 bits per heavy atom. The predicted octanol–water partition coefficient (Wildman–Crippen LogP) is 1.34. The molecule has 0 atom stereocenters. The maximum absolute atomic E-state index is 11.9. The van der Waals surface area contributed by atoms with Gasteiger partial charge in [-0.15, -0.1) is 0 Å². The van der Waals surface area contributed by atoms with Gasteiger partial charge in [-0.25, -0.2) is 0 Å². The third-order valence-electron chi connectivity index (χ3n) is 2.68. The highest BCUT2D eigenvalue weighted by Crippen LogP contribution is 2.05. The summed E-state index contributed by atoms with van der Waals surface area (Å²) in [6.45, 7) is 2.02. The number of benzene rings is 1.